The summed E-state index contributed by atoms with van der Waals surface area (Å²) in [6, 6.07) is 42.1. The maximum Gasteiger partial charge on any atom is 0.358 e. The van der Waals surface area contributed by atoms with E-state index >= 15 is 0 Å². The number of imidazole rings is 1. The number of aromatic hydroxyl groups is 1. The lowest BCUT2D eigenvalue weighted by atomic mass is 9.46. The Balaban J connectivity index is 1.31. The number of aromatic nitrogens is 3. The smallest absolute Gasteiger partial charge is 0.358 e. The highest BCUT2D eigenvalue weighted by Gasteiger charge is 2.49. The van der Waals surface area contributed by atoms with Gasteiger partial charge in [-0.05, 0) is 130 Å². The largest absolute Gasteiger partial charge is 0.507 e. The van der Waals surface area contributed by atoms with Crippen LogP contribution in [0.3, 0.4) is 0 Å². The van der Waals surface area contributed by atoms with Crippen LogP contribution in [0.4, 0.5) is 0 Å². The molecule has 0 bridgehead atoms. The number of ether oxygens (including phenoxy) is 1. The molecule has 3 aliphatic heterocycles. The summed E-state index contributed by atoms with van der Waals surface area (Å²) in [5.74, 6) is 2.47. The number of hydrogen-bond donors (Lipinski definition) is 1. The molecule has 7 heteroatoms. The second kappa shape index (κ2) is 14.2. The Labute approximate surface area is 346 Å². The number of pyridine rings is 1. The highest BCUT2D eigenvalue weighted by molar-refractivity contribution is 6.85. The van der Waals surface area contributed by atoms with Gasteiger partial charge in [-0.2, -0.15) is 0 Å². The Hall–Kier alpha value is -6.86. The molecule has 2 aromatic heterocycles. The van der Waals surface area contributed by atoms with E-state index in [4.69, 9.17) is 14.7 Å². The van der Waals surface area contributed by atoms with Crippen molar-refractivity contribution in [3.05, 3.63) is 191 Å². The number of para-hydroxylation sites is 1. The Morgan fingerprint density at radius 1 is 0.695 bits per heavy atom. The molecule has 0 fully saturated rings. The van der Waals surface area contributed by atoms with E-state index < -0.39 is 0 Å². The minimum absolute atomic E-state index is 0.157. The molecule has 0 spiro atoms. The highest BCUT2D eigenvalue weighted by atomic mass is 16.5. The molecular weight excluding hydrogens is 723 g/mol. The lowest BCUT2D eigenvalue weighted by Gasteiger charge is -2.43. The predicted octanol–water partition coefficient (Wildman–Crippen LogP) is 10.8. The van der Waals surface area contributed by atoms with Crippen LogP contribution in [-0.2, 0) is 0 Å². The standard InChI is InChI=1S/C52H45BN4O2/c1-31(2)40-28-37(35-18-8-7-9-19-35)29-41(32(3)4)49(40)56-51(39-20-10-11-23-45(39)58)55-50-52(56)59-46-24-15-22-44-48(47-33(5)16-14-17-34(47)6)38-26-25-36(43-21-12-13-27-54-43)30-42(38)53(50)57(44)46/h7-32,58H,1-6H3. The molecule has 0 saturated heterocycles. The second-order valence-electron chi connectivity index (χ2n) is 16.4. The third kappa shape index (κ3) is 5.86. The summed E-state index contributed by atoms with van der Waals surface area (Å²) in [7, 11) is 0. The molecule has 0 amide bonds. The third-order valence-electron chi connectivity index (χ3n) is 12.0. The molecule has 0 saturated carbocycles. The van der Waals surface area contributed by atoms with Gasteiger partial charge in [0, 0.05) is 17.5 Å². The molecule has 0 unspecified atom stereocenters. The zero-order valence-corrected chi connectivity index (χ0v) is 34.2. The van der Waals surface area contributed by atoms with E-state index in [-0.39, 0.29) is 24.4 Å². The van der Waals surface area contributed by atoms with Crippen molar-refractivity contribution < 1.29 is 9.84 Å². The van der Waals surface area contributed by atoms with Gasteiger partial charge in [-0.25, -0.2) is 4.98 Å². The summed E-state index contributed by atoms with van der Waals surface area (Å²) in [4.78, 5) is 12.7. The molecular formula is C52H45BN4O2. The first kappa shape index (κ1) is 36.5. The van der Waals surface area contributed by atoms with Crippen LogP contribution in [0.1, 0.15) is 72.9 Å². The molecule has 6 nitrogen and oxygen atoms in total. The monoisotopic (exact) mass is 768 g/mol. The van der Waals surface area contributed by atoms with E-state index in [1.165, 1.54) is 38.9 Å². The number of phenolic OH excluding ortho intramolecular Hbond substituents is 1. The number of fused-ring (bicyclic) bond motifs is 4. The average Bonchev–Trinajstić information content (AvgIpc) is 3.62. The van der Waals surface area contributed by atoms with Crippen molar-refractivity contribution in [1.29, 1.82) is 0 Å². The minimum Gasteiger partial charge on any atom is -0.507 e. The Bertz CT molecular complexity index is 2860. The number of nitrogens with zero attached hydrogens (tertiary/aromatic N) is 4. The zero-order chi connectivity index (χ0) is 40.5. The number of hydrogen-bond acceptors (Lipinski definition) is 5. The van der Waals surface area contributed by atoms with Gasteiger partial charge < -0.3 is 14.7 Å². The van der Waals surface area contributed by atoms with Gasteiger partial charge in [0.05, 0.1) is 22.5 Å². The summed E-state index contributed by atoms with van der Waals surface area (Å²) < 4.78 is 9.47. The van der Waals surface area contributed by atoms with Crippen LogP contribution in [0.2, 0.25) is 0 Å². The van der Waals surface area contributed by atoms with E-state index in [9.17, 15) is 5.11 Å². The first-order valence-electron chi connectivity index (χ1n) is 20.6. The molecule has 288 valence electrons. The van der Waals surface area contributed by atoms with Crippen molar-refractivity contribution in [2.24, 2.45) is 0 Å². The lowest BCUT2D eigenvalue weighted by Crippen LogP contribution is -2.62. The second-order valence-corrected chi connectivity index (χ2v) is 16.4. The number of benzene rings is 5. The maximum atomic E-state index is 11.6. The number of phenols is 1. The van der Waals surface area contributed by atoms with Gasteiger partial charge in [0.2, 0.25) is 5.88 Å². The lowest BCUT2D eigenvalue weighted by molar-refractivity contribution is 0.308. The van der Waals surface area contributed by atoms with Gasteiger partial charge >= 0.3 is 6.85 Å². The fraction of sp³-hybridized carbons (Fsp3) is 0.154. The predicted molar refractivity (Wildman–Crippen MR) is 241 cm³/mol. The van der Waals surface area contributed by atoms with Crippen LogP contribution in [0, 0.1) is 13.8 Å². The van der Waals surface area contributed by atoms with E-state index in [2.05, 4.69) is 154 Å². The van der Waals surface area contributed by atoms with Gasteiger partial charge in [0.15, 0.2) is 11.7 Å². The molecule has 0 aliphatic carbocycles. The van der Waals surface area contributed by atoms with Crippen molar-refractivity contribution >= 4 is 23.5 Å². The Morgan fingerprint density at radius 2 is 1.41 bits per heavy atom. The Morgan fingerprint density at radius 3 is 2.10 bits per heavy atom. The van der Waals surface area contributed by atoms with Crippen LogP contribution in [-0.4, -0.2) is 31.3 Å². The van der Waals surface area contributed by atoms with E-state index in [1.807, 2.05) is 36.5 Å². The van der Waals surface area contributed by atoms with Gasteiger partial charge in [0.25, 0.3) is 0 Å². The topological polar surface area (TPSA) is 63.4 Å². The maximum absolute atomic E-state index is 11.6. The zero-order valence-electron chi connectivity index (χ0n) is 34.2. The molecule has 0 atom stereocenters. The average molecular weight is 769 g/mol. The minimum atomic E-state index is -0.351. The molecule has 0 radical (unpaired) electrons. The highest BCUT2D eigenvalue weighted by Crippen LogP contribution is 2.46. The summed E-state index contributed by atoms with van der Waals surface area (Å²) in [5, 5.41) is 11.6. The summed E-state index contributed by atoms with van der Waals surface area (Å²) in [5.41, 5.74) is 17.2. The molecule has 5 aromatic carbocycles. The summed E-state index contributed by atoms with van der Waals surface area (Å²) in [6.07, 6.45) is 8.22. The van der Waals surface area contributed by atoms with Gasteiger partial charge in [-0.1, -0.05) is 119 Å². The SMILES string of the molecule is Cc1cccc(C)c1C1=C2C=CC=C3Oc4c(nc(-c5ccccc5O)n4-c4c(C(C)C)cc(-c5ccccc5)cc4C(C)C)B(c4cc(-c5ccccn5)ccc41)N32. The molecule has 59 heavy (non-hydrogen) atoms. The first-order chi connectivity index (χ1) is 28.7. The van der Waals surface area contributed by atoms with E-state index in [0.29, 0.717) is 17.3 Å². The third-order valence-corrected chi connectivity index (χ3v) is 12.0. The van der Waals surface area contributed by atoms with E-state index in [0.717, 1.165) is 50.7 Å². The van der Waals surface area contributed by atoms with Crippen LogP contribution >= 0.6 is 0 Å². The van der Waals surface area contributed by atoms with Gasteiger partial charge in [0.1, 0.15) is 5.75 Å². The van der Waals surface area contributed by atoms with Crippen molar-refractivity contribution in [3.8, 4) is 51.1 Å². The van der Waals surface area contributed by atoms with Gasteiger partial charge in [-0.15, -0.1) is 0 Å². The fourth-order valence-electron chi connectivity index (χ4n) is 9.25. The molecule has 10 rings (SSSR count). The molecule has 5 heterocycles. The van der Waals surface area contributed by atoms with Crippen LogP contribution in [0.25, 0.3) is 45.0 Å². The molecule has 7 aromatic rings. The fourth-order valence-corrected chi connectivity index (χ4v) is 9.25. The van der Waals surface area contributed by atoms with Gasteiger partial charge in [-0.3, -0.25) is 9.55 Å². The van der Waals surface area contributed by atoms with Crippen LogP contribution in [0.15, 0.2) is 157 Å². The number of rotatable bonds is 7. The van der Waals surface area contributed by atoms with Crippen LogP contribution < -0.4 is 15.8 Å². The summed E-state index contributed by atoms with van der Waals surface area (Å²) in [6.45, 7) is 13.0. The van der Waals surface area contributed by atoms with Crippen molar-refractivity contribution in [3.63, 3.8) is 0 Å². The Kier molecular flexibility index (Phi) is 8.78. The van der Waals surface area contributed by atoms with Crippen molar-refractivity contribution in [2.75, 3.05) is 0 Å². The summed E-state index contributed by atoms with van der Waals surface area (Å²) >= 11 is 0. The van der Waals surface area contributed by atoms with Crippen molar-refractivity contribution in [1.82, 2.24) is 19.3 Å². The molecule has 1 N–H and O–H groups in total. The molecule has 3 aliphatic rings. The normalized spacial score (nSPS) is 14.0. The number of aryl methyl sites for hydroxylation is 2. The van der Waals surface area contributed by atoms with E-state index in [1.54, 1.807) is 6.07 Å². The number of allylic oxidation sites excluding steroid dienone is 3. The quantitative estimate of drug-likeness (QED) is 0.164. The van der Waals surface area contributed by atoms with Crippen LogP contribution in [0.5, 0.6) is 11.6 Å². The van der Waals surface area contributed by atoms with Crippen molar-refractivity contribution in [2.45, 2.75) is 53.4 Å². The first-order valence-corrected chi connectivity index (χ1v) is 20.6.